The molecule has 0 spiro atoms. The van der Waals surface area contributed by atoms with Crippen molar-refractivity contribution in [1.82, 2.24) is 0 Å². The van der Waals surface area contributed by atoms with E-state index in [1.165, 1.54) is 16.7 Å². The minimum absolute atomic E-state index is 0. The maximum atomic E-state index is 4.74. The normalized spacial score (nSPS) is 8.79. The van der Waals surface area contributed by atoms with Crippen molar-refractivity contribution in [2.75, 3.05) is 0 Å². The van der Waals surface area contributed by atoms with E-state index in [2.05, 4.69) is 21.3 Å². The molecule has 0 N–H and O–H groups in total. The molecule has 0 aliphatic carbocycles. The van der Waals surface area contributed by atoms with Gasteiger partial charge in [-0.1, -0.05) is 36.4 Å². The summed E-state index contributed by atoms with van der Waals surface area (Å²) in [5.74, 6) is 2.44. The molecular weight excluding hydrogens is 400 g/mol. The first kappa shape index (κ1) is 25.6. The van der Waals surface area contributed by atoms with Crippen molar-refractivity contribution >= 4 is 0 Å². The van der Waals surface area contributed by atoms with Gasteiger partial charge in [-0.05, 0) is 73.9 Å². The molecular formula is C24H27CuO3-3. The Kier molecular flexibility index (Phi) is 13.4. The number of hydrogen-bond donors (Lipinski definition) is 0. The zero-order chi connectivity index (χ0) is 20.1. The van der Waals surface area contributed by atoms with Crippen LogP contribution in [-0.4, -0.2) is 0 Å². The summed E-state index contributed by atoms with van der Waals surface area (Å²) in [6.07, 6.45) is 0. The summed E-state index contributed by atoms with van der Waals surface area (Å²) in [7, 11) is 9.89. The van der Waals surface area contributed by atoms with E-state index in [9.17, 15) is 0 Å². The monoisotopic (exact) mass is 426 g/mol. The Labute approximate surface area is 180 Å². The quantitative estimate of drug-likeness (QED) is 0.353. The van der Waals surface area contributed by atoms with Crippen LogP contribution in [0, 0.1) is 42.1 Å². The zero-order valence-corrected chi connectivity index (χ0v) is 17.5. The van der Waals surface area contributed by atoms with Crippen LogP contribution < -0.4 is 14.2 Å². The molecule has 0 aliphatic rings. The SMILES string of the molecule is [CH2-]Oc1cccc(C)c1.[CH2-]Oc1cccc(C)c1.[CH2-]Oc1cccc(C)c1.[Cu]. The average Bonchev–Trinajstić information content (AvgIpc) is 2.69. The predicted octanol–water partition coefficient (Wildman–Crippen LogP) is 6.49. The Morgan fingerprint density at radius 3 is 0.893 bits per heavy atom. The smallest absolute Gasteiger partial charge is 0.0845 e. The molecule has 0 aromatic heterocycles. The van der Waals surface area contributed by atoms with Crippen molar-refractivity contribution in [1.29, 1.82) is 0 Å². The Morgan fingerprint density at radius 2 is 0.750 bits per heavy atom. The molecule has 3 nitrogen and oxygen atoms in total. The molecule has 0 aliphatic heterocycles. The summed E-state index contributed by atoms with van der Waals surface area (Å²) in [5.41, 5.74) is 3.57. The summed E-state index contributed by atoms with van der Waals surface area (Å²) in [6.45, 7) is 6.05. The van der Waals surface area contributed by atoms with Crippen LogP contribution in [0.5, 0.6) is 17.2 Å². The van der Waals surface area contributed by atoms with Crippen molar-refractivity contribution in [2.45, 2.75) is 20.8 Å². The standard InChI is InChI=1S/3C8H9O.Cu/c3*1-7-4-3-5-8(6-7)9-2;/h3*3-6H,2H2,1H3;/q3*-1;. The third kappa shape index (κ3) is 10.7. The van der Waals surface area contributed by atoms with Crippen LogP contribution in [0.3, 0.4) is 0 Å². The summed E-state index contributed by atoms with van der Waals surface area (Å²) in [6, 6.07) is 23.3. The van der Waals surface area contributed by atoms with Crippen molar-refractivity contribution in [3.05, 3.63) is 111 Å². The minimum atomic E-state index is 0. The van der Waals surface area contributed by atoms with Crippen LogP contribution in [0.15, 0.2) is 72.8 Å². The predicted molar refractivity (Wildman–Crippen MR) is 111 cm³/mol. The molecule has 0 unspecified atom stereocenters. The molecule has 0 saturated carbocycles. The van der Waals surface area contributed by atoms with E-state index in [0.717, 1.165) is 17.2 Å². The van der Waals surface area contributed by atoms with Gasteiger partial charge >= 0.3 is 0 Å². The van der Waals surface area contributed by atoms with Crippen LogP contribution in [0.25, 0.3) is 0 Å². The fourth-order valence-corrected chi connectivity index (χ4v) is 2.12. The Bertz CT molecular complexity index is 695. The van der Waals surface area contributed by atoms with E-state index in [1.54, 1.807) is 0 Å². The third-order valence-electron chi connectivity index (χ3n) is 3.47. The second-order valence-electron chi connectivity index (χ2n) is 5.88. The summed E-state index contributed by atoms with van der Waals surface area (Å²) >= 11 is 0. The Balaban J connectivity index is 0.000000384. The van der Waals surface area contributed by atoms with E-state index in [0.29, 0.717) is 0 Å². The van der Waals surface area contributed by atoms with E-state index in [1.807, 2.05) is 93.6 Å². The summed E-state index contributed by atoms with van der Waals surface area (Å²) < 4.78 is 14.2. The number of hydrogen-bond acceptors (Lipinski definition) is 3. The first-order valence-corrected chi connectivity index (χ1v) is 8.44. The van der Waals surface area contributed by atoms with Crippen LogP contribution >= 0.6 is 0 Å². The molecule has 0 heterocycles. The van der Waals surface area contributed by atoms with E-state index in [4.69, 9.17) is 14.2 Å². The Hall–Kier alpha value is -2.42. The topological polar surface area (TPSA) is 27.7 Å². The fraction of sp³-hybridized carbons (Fsp3) is 0.125. The van der Waals surface area contributed by atoms with Gasteiger partial charge in [-0.2, -0.15) is 21.3 Å². The van der Waals surface area contributed by atoms with Crippen molar-refractivity contribution in [2.24, 2.45) is 0 Å². The zero-order valence-electron chi connectivity index (χ0n) is 16.6. The van der Waals surface area contributed by atoms with Gasteiger partial charge in [0.15, 0.2) is 0 Å². The molecule has 155 valence electrons. The number of aryl methyl sites for hydroxylation is 3. The number of benzene rings is 3. The van der Waals surface area contributed by atoms with Gasteiger partial charge in [-0.3, -0.25) is 0 Å². The Morgan fingerprint density at radius 1 is 0.500 bits per heavy atom. The van der Waals surface area contributed by atoms with Crippen LogP contribution in [0.2, 0.25) is 0 Å². The minimum Gasteiger partial charge on any atom is -0.665 e. The van der Waals surface area contributed by atoms with E-state index >= 15 is 0 Å². The number of ether oxygens (including phenoxy) is 3. The molecule has 0 fully saturated rings. The van der Waals surface area contributed by atoms with Gasteiger partial charge in [0, 0.05) is 17.1 Å². The van der Waals surface area contributed by atoms with Gasteiger partial charge in [-0.15, -0.1) is 0 Å². The molecule has 0 bridgehead atoms. The maximum Gasteiger partial charge on any atom is 0.0845 e. The molecule has 3 rings (SSSR count). The van der Waals surface area contributed by atoms with Crippen LogP contribution in [0.4, 0.5) is 0 Å². The van der Waals surface area contributed by atoms with Crippen LogP contribution in [-0.2, 0) is 17.1 Å². The van der Waals surface area contributed by atoms with Gasteiger partial charge in [0.2, 0.25) is 0 Å². The van der Waals surface area contributed by atoms with Gasteiger partial charge in [0.1, 0.15) is 0 Å². The van der Waals surface area contributed by atoms with Gasteiger partial charge in [0.05, 0.1) is 17.2 Å². The molecule has 3 aromatic carbocycles. The molecule has 0 amide bonds. The number of rotatable bonds is 3. The summed E-state index contributed by atoms with van der Waals surface area (Å²) in [4.78, 5) is 0. The van der Waals surface area contributed by atoms with E-state index < -0.39 is 0 Å². The van der Waals surface area contributed by atoms with Gasteiger partial charge < -0.3 is 14.2 Å². The van der Waals surface area contributed by atoms with Crippen molar-refractivity contribution in [3.8, 4) is 17.2 Å². The first-order chi connectivity index (χ1) is 13.0. The van der Waals surface area contributed by atoms with Gasteiger partial charge in [-0.25, -0.2) is 0 Å². The van der Waals surface area contributed by atoms with Crippen molar-refractivity contribution < 1.29 is 31.3 Å². The second kappa shape index (κ2) is 14.6. The molecule has 0 atom stereocenters. The molecule has 3 aromatic rings. The van der Waals surface area contributed by atoms with Crippen molar-refractivity contribution in [3.63, 3.8) is 0 Å². The second-order valence-corrected chi connectivity index (χ2v) is 5.88. The van der Waals surface area contributed by atoms with Gasteiger partial charge in [0.25, 0.3) is 0 Å². The first-order valence-electron chi connectivity index (χ1n) is 8.44. The maximum absolute atomic E-state index is 4.74. The van der Waals surface area contributed by atoms with E-state index in [-0.39, 0.29) is 17.1 Å². The average molecular weight is 427 g/mol. The largest absolute Gasteiger partial charge is 0.665 e. The third-order valence-corrected chi connectivity index (χ3v) is 3.47. The molecule has 4 heteroatoms. The summed E-state index contributed by atoms with van der Waals surface area (Å²) in [5, 5.41) is 0. The molecule has 1 radical (unpaired) electrons. The molecule has 28 heavy (non-hydrogen) atoms. The van der Waals surface area contributed by atoms with Crippen LogP contribution in [0.1, 0.15) is 16.7 Å². The molecule has 0 saturated heterocycles. The fourth-order valence-electron chi connectivity index (χ4n) is 2.12.